The molecule has 0 spiro atoms. The number of benzene rings is 1. The molecule has 7 heteroatoms. The average molecular weight is 359 g/mol. The van der Waals surface area contributed by atoms with E-state index in [1.807, 2.05) is 29.6 Å². The Morgan fingerprint density at radius 3 is 2.88 bits per heavy atom. The van der Waals surface area contributed by atoms with Gasteiger partial charge in [0.05, 0.1) is 4.87 Å². The fourth-order valence-electron chi connectivity index (χ4n) is 3.30. The van der Waals surface area contributed by atoms with Gasteiger partial charge in [-0.2, -0.15) is 0 Å². The zero-order valence-corrected chi connectivity index (χ0v) is 14.8. The molecule has 0 saturated carbocycles. The Balaban J connectivity index is 1.47. The summed E-state index contributed by atoms with van der Waals surface area (Å²) in [5.41, 5.74) is 1.77. The first-order valence-corrected chi connectivity index (χ1v) is 9.70. The molecule has 1 N–H and O–H groups in total. The van der Waals surface area contributed by atoms with Crippen molar-refractivity contribution in [3.05, 3.63) is 35.8 Å². The molecule has 0 bridgehead atoms. The number of aromatic nitrogens is 1. The van der Waals surface area contributed by atoms with Gasteiger partial charge in [-0.1, -0.05) is 0 Å². The number of thiazole rings is 1. The molecule has 2 fully saturated rings. The van der Waals surface area contributed by atoms with Gasteiger partial charge < -0.3 is 10.2 Å². The summed E-state index contributed by atoms with van der Waals surface area (Å²) < 4.78 is 0. The van der Waals surface area contributed by atoms with Crippen molar-refractivity contribution >= 4 is 40.6 Å². The number of amides is 2. The minimum absolute atomic E-state index is 0.0850. The topological polar surface area (TPSA) is 62.3 Å². The molecule has 0 unspecified atom stereocenters. The number of fused-ring (bicyclic) bond motifs is 1. The van der Waals surface area contributed by atoms with E-state index in [1.54, 1.807) is 34.2 Å². The molecule has 24 heavy (non-hydrogen) atoms. The van der Waals surface area contributed by atoms with Gasteiger partial charge >= 0.3 is 0 Å². The van der Waals surface area contributed by atoms with Crippen molar-refractivity contribution in [1.82, 2.24) is 9.88 Å². The molecule has 0 aliphatic carbocycles. The summed E-state index contributed by atoms with van der Waals surface area (Å²) in [5.74, 6) is 0.635. The van der Waals surface area contributed by atoms with Gasteiger partial charge in [0, 0.05) is 35.0 Å². The lowest BCUT2D eigenvalue weighted by Crippen LogP contribution is -2.48. The van der Waals surface area contributed by atoms with Crippen LogP contribution in [0.4, 0.5) is 5.69 Å². The minimum atomic E-state index is -0.381. The zero-order valence-electron chi connectivity index (χ0n) is 13.2. The van der Waals surface area contributed by atoms with Gasteiger partial charge in [0.25, 0.3) is 0 Å². The smallest absolute Gasteiger partial charge is 0.248 e. The lowest BCUT2D eigenvalue weighted by atomic mass is 10.2. The van der Waals surface area contributed by atoms with E-state index in [-0.39, 0.29) is 22.7 Å². The predicted molar refractivity (Wildman–Crippen MR) is 96.9 cm³/mol. The molecule has 2 saturated heterocycles. The van der Waals surface area contributed by atoms with Crippen LogP contribution in [-0.2, 0) is 9.59 Å². The van der Waals surface area contributed by atoms with Gasteiger partial charge in [-0.25, -0.2) is 4.98 Å². The van der Waals surface area contributed by atoms with Crippen LogP contribution >= 0.6 is 23.1 Å². The van der Waals surface area contributed by atoms with Crippen molar-refractivity contribution in [1.29, 1.82) is 0 Å². The van der Waals surface area contributed by atoms with Crippen LogP contribution in [0.3, 0.4) is 0 Å². The van der Waals surface area contributed by atoms with Crippen molar-refractivity contribution in [3.63, 3.8) is 0 Å². The molecule has 124 valence electrons. The summed E-state index contributed by atoms with van der Waals surface area (Å²) in [6, 6.07) is 7.27. The van der Waals surface area contributed by atoms with Crippen LogP contribution < -0.4 is 5.32 Å². The van der Waals surface area contributed by atoms with E-state index in [9.17, 15) is 9.59 Å². The predicted octanol–water partition coefficient (Wildman–Crippen LogP) is 3.20. The van der Waals surface area contributed by atoms with E-state index in [0.717, 1.165) is 22.7 Å². The third kappa shape index (κ3) is 2.61. The van der Waals surface area contributed by atoms with E-state index < -0.39 is 0 Å². The Hall–Kier alpha value is -1.86. The number of rotatable bonds is 3. The molecule has 0 radical (unpaired) electrons. The molecule has 1 aromatic heterocycles. The van der Waals surface area contributed by atoms with Crippen molar-refractivity contribution < 1.29 is 9.59 Å². The van der Waals surface area contributed by atoms with Crippen molar-refractivity contribution in [2.75, 3.05) is 11.1 Å². The monoisotopic (exact) mass is 359 g/mol. The number of anilines is 1. The standard InChI is InChI=1S/C17H17N3O2S2/c1-17-7-6-14(21)20(17)13(10-24-17)15(22)19-12-4-2-11(3-5-12)16-18-8-9-23-16/h2-5,8-9,13H,6-7,10H2,1H3,(H,19,22)/t13-,17-/m0/s1. The summed E-state index contributed by atoms with van der Waals surface area (Å²) in [6.45, 7) is 2.05. The number of nitrogens with zero attached hydrogens (tertiary/aromatic N) is 2. The van der Waals surface area contributed by atoms with E-state index in [0.29, 0.717) is 12.2 Å². The molecule has 2 aliphatic rings. The first-order valence-electron chi connectivity index (χ1n) is 7.84. The summed E-state index contributed by atoms with van der Waals surface area (Å²) in [7, 11) is 0. The van der Waals surface area contributed by atoms with Crippen LogP contribution in [0.25, 0.3) is 10.6 Å². The minimum Gasteiger partial charge on any atom is -0.324 e. The second-order valence-electron chi connectivity index (χ2n) is 6.17. The van der Waals surface area contributed by atoms with Gasteiger partial charge in [-0.05, 0) is 37.6 Å². The molecule has 5 nitrogen and oxygen atoms in total. The molecule has 2 aliphatic heterocycles. The van der Waals surface area contributed by atoms with Crippen LogP contribution in [0.2, 0.25) is 0 Å². The molecular weight excluding hydrogens is 342 g/mol. The van der Waals surface area contributed by atoms with Crippen molar-refractivity contribution in [2.45, 2.75) is 30.7 Å². The van der Waals surface area contributed by atoms with Gasteiger partial charge in [0.15, 0.2) is 0 Å². The highest BCUT2D eigenvalue weighted by Gasteiger charge is 2.52. The number of hydrogen-bond acceptors (Lipinski definition) is 5. The molecule has 1 aromatic carbocycles. The quantitative estimate of drug-likeness (QED) is 0.914. The van der Waals surface area contributed by atoms with Crippen LogP contribution in [-0.4, -0.2) is 38.4 Å². The van der Waals surface area contributed by atoms with Crippen molar-refractivity contribution in [2.24, 2.45) is 0 Å². The maximum absolute atomic E-state index is 12.6. The summed E-state index contributed by atoms with van der Waals surface area (Å²) in [4.78, 5) is 30.6. The number of carbonyl (C=O) groups excluding carboxylic acids is 2. The third-order valence-electron chi connectivity index (χ3n) is 4.58. The molecule has 2 amide bonds. The normalized spacial score (nSPS) is 25.8. The number of hydrogen-bond donors (Lipinski definition) is 1. The first kappa shape index (κ1) is 15.7. The fraction of sp³-hybridized carbons (Fsp3) is 0.353. The van der Waals surface area contributed by atoms with Crippen LogP contribution in [0.1, 0.15) is 19.8 Å². The molecule has 3 heterocycles. The van der Waals surface area contributed by atoms with E-state index in [4.69, 9.17) is 0 Å². The second kappa shape index (κ2) is 5.89. The van der Waals surface area contributed by atoms with E-state index in [2.05, 4.69) is 17.2 Å². The Kier molecular flexibility index (Phi) is 3.85. The molecule has 4 rings (SSSR count). The maximum atomic E-state index is 12.6. The van der Waals surface area contributed by atoms with E-state index >= 15 is 0 Å². The Labute approximate surface area is 148 Å². The number of carbonyl (C=O) groups is 2. The fourth-order valence-corrected chi connectivity index (χ4v) is 5.38. The maximum Gasteiger partial charge on any atom is 0.248 e. The lowest BCUT2D eigenvalue weighted by molar-refractivity contribution is -0.135. The van der Waals surface area contributed by atoms with Crippen LogP contribution in [0, 0.1) is 0 Å². The SMILES string of the molecule is C[C@]12CCC(=O)N1[C@H](C(=O)Nc1ccc(-c3nccs3)cc1)CS2. The zero-order chi connectivity index (χ0) is 16.7. The van der Waals surface area contributed by atoms with Crippen molar-refractivity contribution in [3.8, 4) is 10.6 Å². The lowest BCUT2D eigenvalue weighted by Gasteiger charge is -2.29. The first-order chi connectivity index (χ1) is 11.6. The number of thioether (sulfide) groups is 1. The van der Waals surface area contributed by atoms with Crippen LogP contribution in [0.5, 0.6) is 0 Å². The summed E-state index contributed by atoms with van der Waals surface area (Å²) in [6.07, 6.45) is 3.14. The second-order valence-corrected chi connectivity index (χ2v) is 8.57. The molecule has 2 atom stereocenters. The molecular formula is C17H17N3O2S2. The highest BCUT2D eigenvalue weighted by atomic mass is 32.2. The summed E-state index contributed by atoms with van der Waals surface area (Å²) >= 11 is 3.29. The van der Waals surface area contributed by atoms with Crippen LogP contribution in [0.15, 0.2) is 35.8 Å². The highest BCUT2D eigenvalue weighted by molar-refractivity contribution is 8.01. The van der Waals surface area contributed by atoms with Gasteiger partial charge in [0.2, 0.25) is 11.8 Å². The largest absolute Gasteiger partial charge is 0.324 e. The van der Waals surface area contributed by atoms with Gasteiger partial charge in [-0.3, -0.25) is 9.59 Å². The molecule has 2 aromatic rings. The third-order valence-corrected chi connectivity index (χ3v) is 6.91. The van der Waals surface area contributed by atoms with Gasteiger partial charge in [0.1, 0.15) is 11.0 Å². The Morgan fingerprint density at radius 1 is 1.38 bits per heavy atom. The van der Waals surface area contributed by atoms with Gasteiger partial charge in [-0.15, -0.1) is 23.1 Å². The Morgan fingerprint density at radius 2 is 2.17 bits per heavy atom. The van der Waals surface area contributed by atoms with E-state index in [1.165, 1.54) is 0 Å². The number of nitrogens with one attached hydrogen (secondary N) is 1. The highest BCUT2D eigenvalue weighted by Crippen LogP contribution is 2.47. The Bertz CT molecular complexity index is 776. The average Bonchev–Trinajstić information content (AvgIpc) is 3.27. The summed E-state index contributed by atoms with van der Waals surface area (Å²) in [5, 5.41) is 5.84.